The van der Waals surface area contributed by atoms with E-state index in [9.17, 15) is 13.2 Å². The fourth-order valence-electron chi connectivity index (χ4n) is 2.47. The van der Waals surface area contributed by atoms with Crippen LogP contribution in [0.1, 0.15) is 12.0 Å². The lowest BCUT2D eigenvalue weighted by molar-refractivity contribution is -0.121. The minimum Gasteiger partial charge on any atom is -0.497 e. The number of methoxy groups -OCH3 is 2. The molecule has 0 saturated carbocycles. The molecule has 0 aliphatic carbocycles. The van der Waals surface area contributed by atoms with Gasteiger partial charge in [-0.2, -0.15) is 0 Å². The number of carbonyl (C=O) groups excluding carboxylic acids is 1. The average molecular weight is 392 g/mol. The van der Waals surface area contributed by atoms with Gasteiger partial charge in [-0.25, -0.2) is 8.42 Å². The third-order valence-electron chi connectivity index (χ3n) is 3.95. The van der Waals surface area contributed by atoms with Gasteiger partial charge in [-0.05, 0) is 42.0 Å². The molecule has 8 heteroatoms. The van der Waals surface area contributed by atoms with Crippen LogP contribution < -0.4 is 19.1 Å². The van der Waals surface area contributed by atoms with Crippen LogP contribution >= 0.6 is 0 Å². The van der Waals surface area contributed by atoms with Gasteiger partial charge in [-0.1, -0.05) is 12.1 Å². The van der Waals surface area contributed by atoms with Gasteiger partial charge in [0, 0.05) is 19.5 Å². The first-order valence-electron chi connectivity index (χ1n) is 8.35. The van der Waals surface area contributed by atoms with Crippen LogP contribution in [-0.2, 0) is 21.4 Å². The molecule has 2 rings (SSSR count). The fraction of sp³-hybridized carbons (Fsp3) is 0.316. The van der Waals surface area contributed by atoms with E-state index in [4.69, 9.17) is 9.47 Å². The summed E-state index contributed by atoms with van der Waals surface area (Å²) in [6.07, 6.45) is 1.17. The summed E-state index contributed by atoms with van der Waals surface area (Å²) in [6, 6.07) is 14.0. The van der Waals surface area contributed by atoms with Gasteiger partial charge in [0.1, 0.15) is 11.5 Å². The molecule has 146 valence electrons. The van der Waals surface area contributed by atoms with Crippen LogP contribution in [0, 0.1) is 0 Å². The van der Waals surface area contributed by atoms with E-state index in [0.717, 1.165) is 17.6 Å². The van der Waals surface area contributed by atoms with Gasteiger partial charge in [0.2, 0.25) is 15.9 Å². The molecule has 0 bridgehead atoms. The van der Waals surface area contributed by atoms with E-state index in [1.807, 2.05) is 24.3 Å². The Morgan fingerprint density at radius 2 is 1.48 bits per heavy atom. The minimum atomic E-state index is -3.51. The summed E-state index contributed by atoms with van der Waals surface area (Å²) >= 11 is 0. The van der Waals surface area contributed by atoms with Crippen LogP contribution in [0.5, 0.6) is 11.5 Å². The van der Waals surface area contributed by atoms with Crippen molar-refractivity contribution in [1.82, 2.24) is 5.32 Å². The van der Waals surface area contributed by atoms with E-state index in [2.05, 4.69) is 5.32 Å². The summed E-state index contributed by atoms with van der Waals surface area (Å²) in [6.45, 7) is 0.420. The topological polar surface area (TPSA) is 84.9 Å². The number of rotatable bonds is 9. The highest BCUT2D eigenvalue weighted by molar-refractivity contribution is 7.92. The van der Waals surface area contributed by atoms with Crippen molar-refractivity contribution in [2.75, 3.05) is 31.3 Å². The quantitative estimate of drug-likeness (QED) is 0.707. The number of ether oxygens (including phenoxy) is 2. The molecular formula is C19H24N2O5S. The molecule has 2 aromatic rings. The first-order chi connectivity index (χ1) is 12.8. The van der Waals surface area contributed by atoms with Crippen LogP contribution in [0.15, 0.2) is 48.5 Å². The SMILES string of the molecule is COc1ccc(CNC(=O)CCN(c2ccc(OC)cc2)S(C)(=O)=O)cc1. The summed E-state index contributed by atoms with van der Waals surface area (Å²) in [5.74, 6) is 1.14. The number of hydrogen-bond acceptors (Lipinski definition) is 5. The maximum atomic E-state index is 12.1. The second-order valence-electron chi connectivity index (χ2n) is 5.91. The number of nitrogens with zero attached hydrogens (tertiary/aromatic N) is 1. The Balaban J connectivity index is 1.94. The van der Waals surface area contributed by atoms with E-state index < -0.39 is 10.0 Å². The number of hydrogen-bond donors (Lipinski definition) is 1. The van der Waals surface area contributed by atoms with E-state index in [0.29, 0.717) is 18.0 Å². The molecule has 0 aliphatic rings. The van der Waals surface area contributed by atoms with Gasteiger partial charge in [0.15, 0.2) is 0 Å². The summed E-state index contributed by atoms with van der Waals surface area (Å²) in [5, 5.41) is 2.79. The maximum Gasteiger partial charge on any atom is 0.232 e. The lowest BCUT2D eigenvalue weighted by Gasteiger charge is -2.22. The van der Waals surface area contributed by atoms with Crippen molar-refractivity contribution in [3.63, 3.8) is 0 Å². The van der Waals surface area contributed by atoms with Crippen molar-refractivity contribution in [3.8, 4) is 11.5 Å². The molecule has 2 aromatic carbocycles. The van der Waals surface area contributed by atoms with Gasteiger partial charge in [-0.3, -0.25) is 9.10 Å². The highest BCUT2D eigenvalue weighted by Gasteiger charge is 2.18. The molecule has 7 nitrogen and oxygen atoms in total. The van der Waals surface area contributed by atoms with Gasteiger partial charge in [0.05, 0.1) is 26.2 Å². The van der Waals surface area contributed by atoms with Crippen molar-refractivity contribution in [2.45, 2.75) is 13.0 Å². The summed E-state index contributed by atoms with van der Waals surface area (Å²) < 4.78 is 35.6. The number of nitrogens with one attached hydrogen (secondary N) is 1. The summed E-state index contributed by atoms with van der Waals surface area (Å²) in [5.41, 5.74) is 1.42. The molecule has 27 heavy (non-hydrogen) atoms. The largest absolute Gasteiger partial charge is 0.497 e. The summed E-state index contributed by atoms with van der Waals surface area (Å²) in [7, 11) is -0.381. The first-order valence-corrected chi connectivity index (χ1v) is 10.2. The molecular weight excluding hydrogens is 368 g/mol. The molecule has 1 N–H and O–H groups in total. The molecule has 0 fully saturated rings. The van der Waals surface area contributed by atoms with Crippen LogP contribution in [0.3, 0.4) is 0 Å². The summed E-state index contributed by atoms with van der Waals surface area (Å²) in [4.78, 5) is 12.1. The second kappa shape index (κ2) is 9.27. The van der Waals surface area contributed by atoms with Crippen LogP contribution in [0.25, 0.3) is 0 Å². The Hall–Kier alpha value is -2.74. The van der Waals surface area contributed by atoms with Crippen LogP contribution in [0.4, 0.5) is 5.69 Å². The molecule has 0 heterocycles. The maximum absolute atomic E-state index is 12.1. The minimum absolute atomic E-state index is 0.0508. The van der Waals surface area contributed by atoms with Gasteiger partial charge in [-0.15, -0.1) is 0 Å². The standard InChI is InChI=1S/C19H24N2O5S/c1-25-17-8-4-15(5-9-17)14-20-19(22)12-13-21(27(3,23)24)16-6-10-18(26-2)11-7-16/h4-11H,12-14H2,1-3H3,(H,20,22). The average Bonchev–Trinajstić information content (AvgIpc) is 2.66. The Morgan fingerprint density at radius 3 is 1.96 bits per heavy atom. The zero-order valence-electron chi connectivity index (χ0n) is 15.6. The highest BCUT2D eigenvalue weighted by Crippen LogP contribution is 2.21. The van der Waals surface area contributed by atoms with E-state index in [1.165, 1.54) is 11.4 Å². The predicted octanol–water partition coefficient (Wildman–Crippen LogP) is 2.18. The zero-order chi connectivity index (χ0) is 19.9. The number of sulfonamides is 1. The number of anilines is 1. The third-order valence-corrected chi connectivity index (χ3v) is 5.15. The van der Waals surface area contributed by atoms with Gasteiger partial charge < -0.3 is 14.8 Å². The Bertz CT molecular complexity index is 849. The van der Waals surface area contributed by atoms with Crippen molar-refractivity contribution in [1.29, 1.82) is 0 Å². The van der Waals surface area contributed by atoms with Gasteiger partial charge in [0.25, 0.3) is 0 Å². The van der Waals surface area contributed by atoms with Crippen molar-refractivity contribution < 1.29 is 22.7 Å². The van der Waals surface area contributed by atoms with E-state index in [1.54, 1.807) is 31.4 Å². The highest BCUT2D eigenvalue weighted by atomic mass is 32.2. The monoisotopic (exact) mass is 392 g/mol. The van der Waals surface area contributed by atoms with Crippen molar-refractivity contribution in [3.05, 3.63) is 54.1 Å². The second-order valence-corrected chi connectivity index (χ2v) is 7.81. The zero-order valence-corrected chi connectivity index (χ0v) is 16.5. The fourth-order valence-corrected chi connectivity index (χ4v) is 3.40. The predicted molar refractivity (Wildman–Crippen MR) is 105 cm³/mol. The molecule has 0 unspecified atom stereocenters. The Morgan fingerprint density at radius 1 is 0.963 bits per heavy atom. The van der Waals surface area contributed by atoms with E-state index >= 15 is 0 Å². The Kier molecular flexibility index (Phi) is 7.06. The molecule has 0 aliphatic heterocycles. The molecule has 0 saturated heterocycles. The van der Waals surface area contributed by atoms with Crippen molar-refractivity contribution in [2.24, 2.45) is 0 Å². The molecule has 0 aromatic heterocycles. The van der Waals surface area contributed by atoms with Gasteiger partial charge >= 0.3 is 0 Å². The van der Waals surface area contributed by atoms with Crippen LogP contribution in [0.2, 0.25) is 0 Å². The molecule has 1 amide bonds. The third kappa shape index (κ3) is 6.18. The lowest BCUT2D eigenvalue weighted by atomic mass is 10.2. The normalized spacial score (nSPS) is 10.9. The Labute approximate surface area is 160 Å². The number of benzene rings is 2. The number of carbonyl (C=O) groups is 1. The first kappa shape index (κ1) is 20.6. The molecule has 0 spiro atoms. The molecule has 0 atom stereocenters. The number of amides is 1. The smallest absolute Gasteiger partial charge is 0.232 e. The van der Waals surface area contributed by atoms with Crippen molar-refractivity contribution >= 4 is 21.6 Å². The lowest BCUT2D eigenvalue weighted by Crippen LogP contribution is -2.34. The molecule has 0 radical (unpaired) electrons. The van der Waals surface area contributed by atoms with E-state index in [-0.39, 0.29) is 18.9 Å². The van der Waals surface area contributed by atoms with Crippen LogP contribution in [-0.4, -0.2) is 41.3 Å².